The molecule has 0 radical (unpaired) electrons. The highest BCUT2D eigenvalue weighted by molar-refractivity contribution is 7.25. The molecule has 3 nitrogen and oxygen atoms in total. The van der Waals surface area contributed by atoms with Crippen molar-refractivity contribution in [2.24, 2.45) is 0 Å². The number of allylic oxidation sites excluding steroid dienone is 4. The van der Waals surface area contributed by atoms with Crippen LogP contribution in [0.25, 0.3) is 47.7 Å². The van der Waals surface area contributed by atoms with Gasteiger partial charge in [0.1, 0.15) is 0 Å². The number of nitrogens with two attached hydrogens (primary N) is 1. The van der Waals surface area contributed by atoms with Gasteiger partial charge in [-0.2, -0.15) is 5.26 Å². The lowest BCUT2D eigenvalue weighted by Crippen LogP contribution is -2.10. The number of anilines is 1. The van der Waals surface area contributed by atoms with Crippen molar-refractivity contribution in [2.45, 2.75) is 12.3 Å². The summed E-state index contributed by atoms with van der Waals surface area (Å²) in [4.78, 5) is 0. The van der Waals surface area contributed by atoms with E-state index in [0.29, 0.717) is 5.56 Å². The van der Waals surface area contributed by atoms with E-state index in [9.17, 15) is 5.26 Å². The van der Waals surface area contributed by atoms with Gasteiger partial charge in [0.15, 0.2) is 0 Å². The highest BCUT2D eigenvalue weighted by Gasteiger charge is 2.23. The van der Waals surface area contributed by atoms with Crippen molar-refractivity contribution >= 4 is 64.7 Å². The fraction of sp³-hybridized carbons (Fsp3) is 0.0645. The SMILES string of the molecule is N#Cc1ccc2c(c1)sc1cc(C3CC=CC=C3n3c4ccccc4c4cc(N)ccc43)ccc12. The van der Waals surface area contributed by atoms with Crippen LogP contribution < -0.4 is 5.73 Å². The van der Waals surface area contributed by atoms with Gasteiger partial charge in [-0.25, -0.2) is 0 Å². The summed E-state index contributed by atoms with van der Waals surface area (Å²) in [7, 11) is 0. The van der Waals surface area contributed by atoms with Gasteiger partial charge in [0.25, 0.3) is 0 Å². The number of nitrogens with zero attached hydrogens (tertiary/aromatic N) is 2. The molecule has 1 unspecified atom stereocenters. The zero-order valence-corrected chi connectivity index (χ0v) is 19.7. The van der Waals surface area contributed by atoms with E-state index < -0.39 is 0 Å². The first-order chi connectivity index (χ1) is 17.2. The monoisotopic (exact) mass is 467 g/mol. The van der Waals surface area contributed by atoms with Crippen LogP contribution in [-0.2, 0) is 0 Å². The highest BCUT2D eigenvalue weighted by Crippen LogP contribution is 2.43. The minimum Gasteiger partial charge on any atom is -0.399 e. The average molecular weight is 468 g/mol. The Balaban J connectivity index is 1.42. The third-order valence-electron chi connectivity index (χ3n) is 7.12. The number of benzene rings is 4. The lowest BCUT2D eigenvalue weighted by atomic mass is 9.88. The standard InChI is InChI=1S/C31H21N3S/c32-18-19-9-12-24-25-13-10-20(16-31(25)35-30(24)15-19)22-5-1-3-7-27(22)34-28-8-4-2-6-23(28)26-17-21(33)11-14-29(26)34/h1-4,6-17,22H,5,33H2. The number of nitriles is 1. The molecule has 2 aromatic heterocycles. The Hall–Kier alpha value is -4.33. The number of fused-ring (bicyclic) bond motifs is 6. The van der Waals surface area contributed by atoms with Crippen molar-refractivity contribution in [3.8, 4) is 6.07 Å². The third-order valence-corrected chi connectivity index (χ3v) is 8.23. The first kappa shape index (κ1) is 20.1. The second-order valence-corrected chi connectivity index (χ2v) is 10.2. The molecule has 1 atom stereocenters. The van der Waals surface area contributed by atoms with Crippen LogP contribution in [0.4, 0.5) is 5.69 Å². The molecule has 0 amide bonds. The summed E-state index contributed by atoms with van der Waals surface area (Å²) in [6.07, 6.45) is 7.63. The van der Waals surface area contributed by atoms with Crippen LogP contribution in [-0.4, -0.2) is 4.57 Å². The molecule has 0 spiro atoms. The zero-order valence-electron chi connectivity index (χ0n) is 18.9. The van der Waals surface area contributed by atoms with E-state index in [1.807, 2.05) is 18.2 Å². The van der Waals surface area contributed by atoms with Crippen LogP contribution in [0.1, 0.15) is 23.5 Å². The third kappa shape index (κ3) is 3.02. The molecule has 0 saturated carbocycles. The van der Waals surface area contributed by atoms with Gasteiger partial charge in [-0.3, -0.25) is 0 Å². The lowest BCUT2D eigenvalue weighted by molar-refractivity contribution is 0.832. The Bertz CT molecular complexity index is 1910. The van der Waals surface area contributed by atoms with E-state index in [1.54, 1.807) is 11.3 Å². The molecule has 7 rings (SSSR count). The first-order valence-corrected chi connectivity index (χ1v) is 12.5. The second kappa shape index (κ2) is 7.59. The van der Waals surface area contributed by atoms with E-state index in [2.05, 4.69) is 89.5 Å². The smallest absolute Gasteiger partial charge is 0.0992 e. The molecule has 6 aromatic rings. The topological polar surface area (TPSA) is 54.7 Å². The lowest BCUT2D eigenvalue weighted by Gasteiger charge is -2.25. The van der Waals surface area contributed by atoms with Crippen molar-refractivity contribution in [3.05, 3.63) is 108 Å². The van der Waals surface area contributed by atoms with Gasteiger partial charge in [0.05, 0.1) is 22.7 Å². The van der Waals surface area contributed by atoms with Crippen molar-refractivity contribution < 1.29 is 0 Å². The quantitative estimate of drug-likeness (QED) is 0.261. The van der Waals surface area contributed by atoms with E-state index in [4.69, 9.17) is 5.73 Å². The number of para-hydroxylation sites is 1. The zero-order chi connectivity index (χ0) is 23.5. The van der Waals surface area contributed by atoms with Crippen LogP contribution in [0.15, 0.2) is 97.1 Å². The fourth-order valence-corrected chi connectivity index (χ4v) is 6.70. The molecule has 4 heteroatoms. The molecule has 1 aliphatic rings. The summed E-state index contributed by atoms with van der Waals surface area (Å²) in [5.74, 6) is 0.237. The first-order valence-electron chi connectivity index (χ1n) is 11.7. The minimum absolute atomic E-state index is 0.237. The Morgan fingerprint density at radius 3 is 2.51 bits per heavy atom. The van der Waals surface area contributed by atoms with Crippen molar-refractivity contribution in [1.29, 1.82) is 5.26 Å². The number of hydrogen-bond acceptors (Lipinski definition) is 3. The summed E-state index contributed by atoms with van der Waals surface area (Å²) in [5, 5.41) is 14.2. The van der Waals surface area contributed by atoms with Crippen molar-refractivity contribution in [1.82, 2.24) is 4.57 Å². The van der Waals surface area contributed by atoms with Crippen molar-refractivity contribution in [2.75, 3.05) is 5.73 Å². The summed E-state index contributed by atoms with van der Waals surface area (Å²) >= 11 is 1.77. The van der Waals surface area contributed by atoms with Gasteiger partial charge >= 0.3 is 0 Å². The Labute approximate surface area is 206 Å². The predicted molar refractivity (Wildman–Crippen MR) is 149 cm³/mol. The maximum absolute atomic E-state index is 9.30. The Kier molecular flexibility index (Phi) is 4.36. The van der Waals surface area contributed by atoms with E-state index in [1.165, 1.54) is 48.5 Å². The largest absolute Gasteiger partial charge is 0.399 e. The van der Waals surface area contributed by atoms with Crippen molar-refractivity contribution in [3.63, 3.8) is 0 Å². The Morgan fingerprint density at radius 2 is 1.63 bits per heavy atom. The normalized spacial score (nSPS) is 15.7. The van der Waals surface area contributed by atoms with Crippen LogP contribution >= 0.6 is 11.3 Å². The molecular weight excluding hydrogens is 446 g/mol. The van der Waals surface area contributed by atoms with Gasteiger partial charge in [-0.05, 0) is 60.5 Å². The molecule has 1 aliphatic carbocycles. The molecule has 0 bridgehead atoms. The van der Waals surface area contributed by atoms with Gasteiger partial charge in [0.2, 0.25) is 0 Å². The van der Waals surface area contributed by atoms with E-state index in [-0.39, 0.29) is 5.92 Å². The summed E-state index contributed by atoms with van der Waals surface area (Å²) in [5.41, 5.74) is 12.6. The molecule has 35 heavy (non-hydrogen) atoms. The average Bonchev–Trinajstić information content (AvgIpc) is 3.42. The van der Waals surface area contributed by atoms with Crippen LogP contribution in [0.5, 0.6) is 0 Å². The van der Waals surface area contributed by atoms with Gasteiger partial charge < -0.3 is 10.3 Å². The van der Waals surface area contributed by atoms with Gasteiger partial charge in [-0.15, -0.1) is 11.3 Å². The number of hydrogen-bond donors (Lipinski definition) is 1. The second-order valence-electron chi connectivity index (χ2n) is 9.12. The molecule has 0 fully saturated rings. The van der Waals surface area contributed by atoms with Crippen LogP contribution in [0.3, 0.4) is 0 Å². The Morgan fingerprint density at radius 1 is 0.829 bits per heavy atom. The number of rotatable bonds is 2. The van der Waals surface area contributed by atoms with Crippen LogP contribution in [0.2, 0.25) is 0 Å². The molecule has 0 aliphatic heterocycles. The number of nitrogen functional groups attached to an aromatic ring is 1. The maximum atomic E-state index is 9.30. The highest BCUT2D eigenvalue weighted by atomic mass is 32.1. The van der Waals surface area contributed by atoms with Gasteiger partial charge in [-0.1, -0.05) is 48.6 Å². The summed E-state index contributed by atoms with van der Waals surface area (Å²) in [6, 6.07) is 29.9. The molecular formula is C31H21N3S. The maximum Gasteiger partial charge on any atom is 0.0992 e. The predicted octanol–water partition coefficient (Wildman–Crippen LogP) is 8.20. The minimum atomic E-state index is 0.237. The summed E-state index contributed by atoms with van der Waals surface area (Å²) < 4.78 is 4.83. The molecule has 2 heterocycles. The molecule has 166 valence electrons. The summed E-state index contributed by atoms with van der Waals surface area (Å²) in [6.45, 7) is 0. The fourth-order valence-electron chi connectivity index (χ4n) is 5.50. The van der Waals surface area contributed by atoms with Gasteiger partial charge in [0, 0.05) is 48.2 Å². The molecule has 0 saturated heterocycles. The molecule has 4 aromatic carbocycles. The van der Waals surface area contributed by atoms with E-state index >= 15 is 0 Å². The van der Waals surface area contributed by atoms with E-state index in [0.717, 1.165) is 16.8 Å². The number of aromatic nitrogens is 1. The number of thiophene rings is 1. The molecule has 2 N–H and O–H groups in total. The van der Waals surface area contributed by atoms with Crippen LogP contribution in [0, 0.1) is 11.3 Å².